The highest BCUT2D eigenvalue weighted by molar-refractivity contribution is 6.01. The van der Waals surface area contributed by atoms with Crippen molar-refractivity contribution >= 4 is 17.9 Å². The molecule has 1 saturated heterocycles. The third kappa shape index (κ3) is 2.43. The summed E-state index contributed by atoms with van der Waals surface area (Å²) in [5, 5.41) is 2.75. The van der Waals surface area contributed by atoms with Crippen molar-refractivity contribution in [3.63, 3.8) is 0 Å². The first-order chi connectivity index (χ1) is 6.65. The predicted molar refractivity (Wildman–Crippen MR) is 44.6 cm³/mol. The lowest BCUT2D eigenvalue weighted by Gasteiger charge is -2.12. The van der Waals surface area contributed by atoms with Crippen LogP contribution in [0.3, 0.4) is 0 Å². The number of nitrogens with two attached hydrogens (primary N) is 1. The minimum Gasteiger partial charge on any atom is -0.329 e. The van der Waals surface area contributed by atoms with Gasteiger partial charge in [0.2, 0.25) is 0 Å². The van der Waals surface area contributed by atoms with Gasteiger partial charge in [-0.05, 0) is 0 Å². The van der Waals surface area contributed by atoms with E-state index in [9.17, 15) is 14.4 Å². The highest BCUT2D eigenvalue weighted by atomic mass is 16.7. The molecule has 7 nitrogen and oxygen atoms in total. The molecule has 0 aromatic heterocycles. The van der Waals surface area contributed by atoms with Crippen LogP contribution in [0.4, 0.5) is 4.79 Å². The summed E-state index contributed by atoms with van der Waals surface area (Å²) in [6, 6.07) is 0. The summed E-state index contributed by atoms with van der Waals surface area (Å²) in [5.41, 5.74) is 5.12. The second kappa shape index (κ2) is 4.56. The van der Waals surface area contributed by atoms with Gasteiger partial charge in [0.05, 0.1) is 0 Å². The van der Waals surface area contributed by atoms with E-state index in [2.05, 4.69) is 10.2 Å². The molecule has 0 unspecified atom stereocenters. The smallest absolute Gasteiger partial charge is 0.329 e. The van der Waals surface area contributed by atoms with Gasteiger partial charge in [-0.1, -0.05) is 0 Å². The molecule has 78 valence electrons. The number of hydrogen-bond acceptors (Lipinski definition) is 5. The average molecular weight is 201 g/mol. The Hall–Kier alpha value is -1.63. The Morgan fingerprint density at radius 3 is 2.50 bits per heavy atom. The second-order valence-electron chi connectivity index (χ2n) is 2.68. The van der Waals surface area contributed by atoms with Gasteiger partial charge in [-0.25, -0.2) is 4.79 Å². The Labute approximate surface area is 80.1 Å². The van der Waals surface area contributed by atoms with Crippen LogP contribution in [0, 0.1) is 0 Å². The van der Waals surface area contributed by atoms with Crippen molar-refractivity contribution in [2.45, 2.75) is 12.8 Å². The molecule has 3 amide bonds. The summed E-state index contributed by atoms with van der Waals surface area (Å²) < 4.78 is 0. The van der Waals surface area contributed by atoms with Gasteiger partial charge >= 0.3 is 6.09 Å². The normalized spacial score (nSPS) is 15.9. The molecule has 0 aromatic carbocycles. The third-order valence-electron chi connectivity index (χ3n) is 1.59. The Balaban J connectivity index is 2.39. The van der Waals surface area contributed by atoms with Gasteiger partial charge in [-0.3, -0.25) is 9.59 Å². The number of imide groups is 1. The van der Waals surface area contributed by atoms with E-state index in [4.69, 9.17) is 5.73 Å². The molecule has 0 aliphatic carbocycles. The maximum Gasteiger partial charge on any atom is 0.432 e. The lowest BCUT2D eigenvalue weighted by molar-refractivity contribution is -0.171. The Morgan fingerprint density at radius 2 is 2.00 bits per heavy atom. The van der Waals surface area contributed by atoms with Crippen molar-refractivity contribution in [3.05, 3.63) is 0 Å². The third-order valence-corrected chi connectivity index (χ3v) is 1.59. The van der Waals surface area contributed by atoms with Gasteiger partial charge in [-0.15, -0.1) is 5.06 Å². The van der Waals surface area contributed by atoms with Crippen molar-refractivity contribution in [3.8, 4) is 0 Å². The standard InChI is InChI=1S/C7H11N3O4/c8-3-4-9-7(13)14-10-5(11)1-2-6(10)12/h1-4,8H2,(H,9,13). The van der Waals surface area contributed by atoms with Gasteiger partial charge < -0.3 is 15.9 Å². The van der Waals surface area contributed by atoms with Crippen molar-refractivity contribution in [2.75, 3.05) is 13.1 Å². The SMILES string of the molecule is NCCNC(=O)ON1C(=O)CCC1=O. The largest absolute Gasteiger partial charge is 0.432 e. The van der Waals surface area contributed by atoms with Crippen LogP contribution >= 0.6 is 0 Å². The molecule has 1 heterocycles. The van der Waals surface area contributed by atoms with Crippen LogP contribution in [-0.4, -0.2) is 36.1 Å². The molecule has 0 aromatic rings. The van der Waals surface area contributed by atoms with Crippen LogP contribution in [0.5, 0.6) is 0 Å². The van der Waals surface area contributed by atoms with Gasteiger partial charge in [0, 0.05) is 25.9 Å². The summed E-state index contributed by atoms with van der Waals surface area (Å²) in [5.74, 6) is -1.00. The van der Waals surface area contributed by atoms with E-state index in [1.165, 1.54) is 0 Å². The molecule has 0 saturated carbocycles. The molecule has 7 heteroatoms. The maximum atomic E-state index is 11.0. The molecular formula is C7H11N3O4. The number of amides is 3. The van der Waals surface area contributed by atoms with E-state index in [1.807, 2.05) is 0 Å². The average Bonchev–Trinajstić information content (AvgIpc) is 2.46. The highest BCUT2D eigenvalue weighted by Crippen LogP contribution is 2.11. The lowest BCUT2D eigenvalue weighted by atomic mass is 10.4. The molecule has 0 atom stereocenters. The van der Waals surface area contributed by atoms with E-state index in [-0.39, 0.29) is 25.9 Å². The molecule has 1 fully saturated rings. The van der Waals surface area contributed by atoms with Crippen molar-refractivity contribution in [1.29, 1.82) is 0 Å². The van der Waals surface area contributed by atoms with Crippen LogP contribution in [0.15, 0.2) is 0 Å². The predicted octanol–water partition coefficient (Wildman–Crippen LogP) is -1.26. The Bertz CT molecular complexity index is 250. The Morgan fingerprint density at radius 1 is 1.43 bits per heavy atom. The van der Waals surface area contributed by atoms with E-state index in [0.717, 1.165) is 0 Å². The van der Waals surface area contributed by atoms with E-state index < -0.39 is 17.9 Å². The molecule has 1 aliphatic heterocycles. The van der Waals surface area contributed by atoms with Crippen molar-refractivity contribution < 1.29 is 19.2 Å². The lowest BCUT2D eigenvalue weighted by Crippen LogP contribution is -2.38. The minimum absolute atomic E-state index is 0.0863. The Kier molecular flexibility index (Phi) is 3.41. The first kappa shape index (κ1) is 10.5. The fourth-order valence-corrected chi connectivity index (χ4v) is 0.947. The number of hydrogen-bond donors (Lipinski definition) is 2. The molecule has 14 heavy (non-hydrogen) atoms. The number of nitrogens with one attached hydrogen (secondary N) is 1. The van der Waals surface area contributed by atoms with Crippen molar-refractivity contribution in [2.24, 2.45) is 5.73 Å². The first-order valence-corrected chi connectivity index (χ1v) is 4.17. The molecule has 1 aliphatic rings. The van der Waals surface area contributed by atoms with E-state index in [0.29, 0.717) is 5.06 Å². The van der Waals surface area contributed by atoms with Gasteiger partial charge in [-0.2, -0.15) is 0 Å². The first-order valence-electron chi connectivity index (χ1n) is 4.17. The zero-order valence-electron chi connectivity index (χ0n) is 7.49. The zero-order valence-corrected chi connectivity index (χ0v) is 7.49. The van der Waals surface area contributed by atoms with Crippen LogP contribution in [0.1, 0.15) is 12.8 Å². The fourth-order valence-electron chi connectivity index (χ4n) is 0.947. The molecule has 3 N–H and O–H groups in total. The summed E-state index contributed by atoms with van der Waals surface area (Å²) >= 11 is 0. The van der Waals surface area contributed by atoms with Crippen molar-refractivity contribution in [1.82, 2.24) is 10.4 Å². The van der Waals surface area contributed by atoms with Crippen LogP contribution in [-0.2, 0) is 14.4 Å². The van der Waals surface area contributed by atoms with Crippen LogP contribution < -0.4 is 11.1 Å². The number of carbonyl (C=O) groups is 3. The molecule has 0 radical (unpaired) electrons. The summed E-state index contributed by atoms with van der Waals surface area (Å²) in [4.78, 5) is 37.3. The van der Waals surface area contributed by atoms with E-state index in [1.54, 1.807) is 0 Å². The highest BCUT2D eigenvalue weighted by Gasteiger charge is 2.32. The van der Waals surface area contributed by atoms with E-state index >= 15 is 0 Å². The monoisotopic (exact) mass is 201 g/mol. The number of carbonyl (C=O) groups excluding carboxylic acids is 3. The van der Waals surface area contributed by atoms with Gasteiger partial charge in [0.1, 0.15) is 0 Å². The van der Waals surface area contributed by atoms with Gasteiger partial charge in [0.25, 0.3) is 11.8 Å². The molecule has 0 spiro atoms. The molecular weight excluding hydrogens is 190 g/mol. The number of hydroxylamine groups is 2. The molecule has 1 rings (SSSR count). The molecule has 0 bridgehead atoms. The summed E-state index contributed by atoms with van der Waals surface area (Å²) in [6.45, 7) is 0.492. The van der Waals surface area contributed by atoms with Crippen LogP contribution in [0.2, 0.25) is 0 Å². The minimum atomic E-state index is -0.848. The number of nitrogens with zero attached hydrogens (tertiary/aromatic N) is 1. The zero-order chi connectivity index (χ0) is 10.6. The second-order valence-corrected chi connectivity index (χ2v) is 2.68. The van der Waals surface area contributed by atoms with Gasteiger partial charge in [0.15, 0.2) is 0 Å². The summed E-state index contributed by atoms with van der Waals surface area (Å²) in [7, 11) is 0. The summed E-state index contributed by atoms with van der Waals surface area (Å²) in [6.07, 6.45) is -0.675. The van der Waals surface area contributed by atoms with Crippen LogP contribution in [0.25, 0.3) is 0 Å². The fraction of sp³-hybridized carbons (Fsp3) is 0.571. The maximum absolute atomic E-state index is 11.0. The topological polar surface area (TPSA) is 102 Å². The number of rotatable bonds is 3. The quantitative estimate of drug-likeness (QED) is 0.554.